The lowest BCUT2D eigenvalue weighted by Crippen LogP contribution is -2.16. The number of carboxylic acids is 1. The van der Waals surface area contributed by atoms with Crippen LogP contribution in [0.1, 0.15) is 33.6 Å². The van der Waals surface area contributed by atoms with Crippen LogP contribution in [0, 0.1) is 18.3 Å². The number of aromatic nitrogens is 2. The maximum atomic E-state index is 13.2. The fourth-order valence-corrected chi connectivity index (χ4v) is 5.42. The molecule has 3 aromatic heterocycles. The summed E-state index contributed by atoms with van der Waals surface area (Å²) in [6.07, 6.45) is -1.93. The number of halogens is 3. The van der Waals surface area contributed by atoms with Crippen LogP contribution in [0.15, 0.2) is 65.8 Å². The van der Waals surface area contributed by atoms with E-state index in [0.717, 1.165) is 16.1 Å². The van der Waals surface area contributed by atoms with Crippen LogP contribution in [-0.2, 0) is 33.8 Å². The SMILES string of the molecule is Cc1c(CC(=O)O)c2ccc(C#N)cn2c1Cc1cccn1S(=O)(=O)c1ccc(C(F)(F)F)cc1. The first-order valence-electron chi connectivity index (χ1n) is 10.3. The molecule has 0 amide bonds. The van der Waals surface area contributed by atoms with Crippen molar-refractivity contribution in [3.05, 3.63) is 94.6 Å². The van der Waals surface area contributed by atoms with Gasteiger partial charge in [-0.1, -0.05) is 0 Å². The Morgan fingerprint density at radius 1 is 1.11 bits per heavy atom. The van der Waals surface area contributed by atoms with E-state index in [4.69, 9.17) is 0 Å². The van der Waals surface area contributed by atoms with E-state index >= 15 is 0 Å². The number of carbonyl (C=O) groups is 1. The fourth-order valence-electron chi connectivity index (χ4n) is 4.05. The normalized spacial score (nSPS) is 12.1. The van der Waals surface area contributed by atoms with E-state index in [1.165, 1.54) is 12.3 Å². The van der Waals surface area contributed by atoms with E-state index in [0.29, 0.717) is 45.7 Å². The van der Waals surface area contributed by atoms with Crippen LogP contribution in [0.25, 0.3) is 5.52 Å². The second-order valence-corrected chi connectivity index (χ2v) is 9.72. The summed E-state index contributed by atoms with van der Waals surface area (Å²) in [5.74, 6) is -1.04. The molecule has 11 heteroatoms. The van der Waals surface area contributed by atoms with Crippen LogP contribution >= 0.6 is 0 Å². The number of aliphatic carboxylic acids is 1. The van der Waals surface area contributed by atoms with Gasteiger partial charge in [0.15, 0.2) is 0 Å². The summed E-state index contributed by atoms with van der Waals surface area (Å²) in [7, 11) is -4.21. The summed E-state index contributed by atoms with van der Waals surface area (Å²) in [5.41, 5.74) is 2.06. The number of hydrogen-bond donors (Lipinski definition) is 1. The number of nitrogens with zero attached hydrogens (tertiary/aromatic N) is 3. The molecule has 4 rings (SSSR count). The van der Waals surface area contributed by atoms with Gasteiger partial charge in [-0.2, -0.15) is 18.4 Å². The van der Waals surface area contributed by atoms with E-state index in [2.05, 4.69) is 0 Å². The monoisotopic (exact) mass is 501 g/mol. The van der Waals surface area contributed by atoms with E-state index < -0.39 is 27.7 Å². The number of hydrogen-bond acceptors (Lipinski definition) is 4. The lowest BCUT2D eigenvalue weighted by atomic mass is 10.1. The van der Waals surface area contributed by atoms with E-state index in [1.807, 2.05) is 6.07 Å². The van der Waals surface area contributed by atoms with Gasteiger partial charge in [0.25, 0.3) is 10.0 Å². The quantitative estimate of drug-likeness (QED) is 0.422. The zero-order chi connectivity index (χ0) is 25.5. The van der Waals surface area contributed by atoms with Crippen molar-refractivity contribution in [3.8, 4) is 6.07 Å². The van der Waals surface area contributed by atoms with Crippen molar-refractivity contribution in [2.45, 2.75) is 30.8 Å². The van der Waals surface area contributed by atoms with Gasteiger partial charge < -0.3 is 9.51 Å². The average molecular weight is 501 g/mol. The Labute approximate surface area is 198 Å². The summed E-state index contributed by atoms with van der Waals surface area (Å²) in [6.45, 7) is 1.73. The molecular formula is C24H18F3N3O4S. The van der Waals surface area contributed by atoms with Gasteiger partial charge in [-0.15, -0.1) is 0 Å². The highest BCUT2D eigenvalue weighted by Crippen LogP contribution is 2.31. The Bertz CT molecular complexity index is 1590. The molecule has 0 spiro atoms. The van der Waals surface area contributed by atoms with Gasteiger partial charge in [0, 0.05) is 35.7 Å². The number of carboxylic acid groups (broad SMARTS) is 1. The van der Waals surface area contributed by atoms with Gasteiger partial charge in [-0.25, -0.2) is 12.4 Å². The second-order valence-electron chi connectivity index (χ2n) is 7.90. The van der Waals surface area contributed by atoms with Gasteiger partial charge >= 0.3 is 12.1 Å². The van der Waals surface area contributed by atoms with Crippen LogP contribution in [0.4, 0.5) is 13.2 Å². The molecule has 0 fully saturated rings. The van der Waals surface area contributed by atoms with Crippen molar-refractivity contribution in [1.82, 2.24) is 8.37 Å². The first kappa shape index (κ1) is 24.1. The van der Waals surface area contributed by atoms with E-state index in [-0.39, 0.29) is 17.7 Å². The standard InChI is InChI=1S/C24H18F3N3O4S/c1-15-20(12-23(31)32)21-9-4-16(13-28)14-29(21)22(15)11-18-3-2-10-30(18)35(33,34)19-7-5-17(6-8-19)24(25,26)27/h2-10,14H,11-12H2,1H3,(H,31,32). The predicted molar refractivity (Wildman–Crippen MR) is 119 cm³/mol. The molecule has 0 aliphatic heterocycles. The van der Waals surface area contributed by atoms with Crippen LogP contribution in [0.3, 0.4) is 0 Å². The molecule has 180 valence electrons. The zero-order valence-corrected chi connectivity index (χ0v) is 19.1. The van der Waals surface area contributed by atoms with Gasteiger partial charge in [0.05, 0.1) is 22.4 Å². The predicted octanol–water partition coefficient (Wildman–Crippen LogP) is 4.39. The largest absolute Gasteiger partial charge is 0.481 e. The Balaban J connectivity index is 1.80. The molecular weight excluding hydrogens is 483 g/mol. The second kappa shape index (κ2) is 8.63. The number of fused-ring (bicyclic) bond motifs is 1. The third-order valence-electron chi connectivity index (χ3n) is 5.77. The van der Waals surface area contributed by atoms with Crippen molar-refractivity contribution in [2.75, 3.05) is 0 Å². The molecule has 0 saturated carbocycles. The molecule has 0 unspecified atom stereocenters. The molecule has 3 heterocycles. The molecule has 4 aromatic rings. The van der Waals surface area contributed by atoms with Crippen LogP contribution < -0.4 is 0 Å². The third kappa shape index (κ3) is 4.40. The molecule has 0 atom stereocenters. The van der Waals surface area contributed by atoms with Gasteiger partial charge in [0.1, 0.15) is 6.07 Å². The minimum absolute atomic E-state index is 0.0639. The third-order valence-corrected chi connectivity index (χ3v) is 7.51. The van der Waals surface area contributed by atoms with Crippen molar-refractivity contribution in [2.24, 2.45) is 0 Å². The van der Waals surface area contributed by atoms with Gasteiger partial charge in [0.2, 0.25) is 0 Å². The van der Waals surface area contributed by atoms with Crippen LogP contribution in [-0.4, -0.2) is 27.9 Å². The molecule has 0 saturated heterocycles. The molecule has 7 nitrogen and oxygen atoms in total. The van der Waals surface area contributed by atoms with Gasteiger partial charge in [-0.3, -0.25) is 4.79 Å². The molecule has 0 aliphatic rings. The molecule has 0 radical (unpaired) electrons. The minimum Gasteiger partial charge on any atom is -0.481 e. The zero-order valence-electron chi connectivity index (χ0n) is 18.2. The van der Waals surface area contributed by atoms with E-state index in [1.54, 1.807) is 35.7 Å². The average Bonchev–Trinajstić information content (AvgIpc) is 3.37. The van der Waals surface area contributed by atoms with Crippen molar-refractivity contribution < 1.29 is 31.5 Å². The first-order valence-corrected chi connectivity index (χ1v) is 11.7. The smallest absolute Gasteiger partial charge is 0.416 e. The Morgan fingerprint density at radius 3 is 2.40 bits per heavy atom. The Kier molecular flexibility index (Phi) is 5.94. The van der Waals surface area contributed by atoms with Crippen molar-refractivity contribution in [3.63, 3.8) is 0 Å². The van der Waals surface area contributed by atoms with Crippen LogP contribution in [0.2, 0.25) is 0 Å². The summed E-state index contributed by atoms with van der Waals surface area (Å²) >= 11 is 0. The Hall–Kier alpha value is -4.04. The summed E-state index contributed by atoms with van der Waals surface area (Å²) < 4.78 is 67.8. The molecule has 1 aromatic carbocycles. The number of pyridine rings is 1. The molecule has 1 N–H and O–H groups in total. The molecule has 35 heavy (non-hydrogen) atoms. The highest BCUT2D eigenvalue weighted by Gasteiger charge is 2.31. The number of rotatable bonds is 6. The minimum atomic E-state index is -4.59. The van der Waals surface area contributed by atoms with Crippen LogP contribution in [0.5, 0.6) is 0 Å². The molecule has 0 aliphatic carbocycles. The maximum Gasteiger partial charge on any atom is 0.416 e. The van der Waals surface area contributed by atoms with E-state index in [9.17, 15) is 36.8 Å². The summed E-state index contributed by atoms with van der Waals surface area (Å²) in [5, 5.41) is 18.7. The highest BCUT2D eigenvalue weighted by atomic mass is 32.2. The maximum absolute atomic E-state index is 13.2. The number of alkyl halides is 3. The van der Waals surface area contributed by atoms with Crippen molar-refractivity contribution >= 4 is 21.5 Å². The topological polar surface area (TPSA) is 105 Å². The fraction of sp³-hybridized carbons (Fsp3) is 0.167. The lowest BCUT2D eigenvalue weighted by Gasteiger charge is -2.13. The summed E-state index contributed by atoms with van der Waals surface area (Å²) in [6, 6.07) is 11.5. The lowest BCUT2D eigenvalue weighted by molar-refractivity contribution is -0.138. The van der Waals surface area contributed by atoms with Gasteiger partial charge in [-0.05, 0) is 66.6 Å². The number of benzene rings is 1. The first-order chi connectivity index (χ1) is 16.4. The number of nitriles is 1. The molecule has 0 bridgehead atoms. The highest BCUT2D eigenvalue weighted by molar-refractivity contribution is 7.90. The van der Waals surface area contributed by atoms with Crippen molar-refractivity contribution in [1.29, 1.82) is 5.26 Å². The summed E-state index contributed by atoms with van der Waals surface area (Å²) in [4.78, 5) is 11.1. The Morgan fingerprint density at radius 2 is 1.80 bits per heavy atom.